The minimum absolute atomic E-state index is 0.215. The highest BCUT2D eigenvalue weighted by Crippen LogP contribution is 2.29. The minimum Gasteiger partial charge on any atom is -0.467 e. The molecule has 2 aromatic carbocycles. The second-order valence-electron chi connectivity index (χ2n) is 7.20. The summed E-state index contributed by atoms with van der Waals surface area (Å²) in [5, 5.41) is 3.42. The predicted octanol–water partition coefficient (Wildman–Crippen LogP) is 2.63. The highest BCUT2D eigenvalue weighted by atomic mass is 19.1. The number of hydrogen-bond acceptors (Lipinski definition) is 4. The zero-order valence-corrected chi connectivity index (χ0v) is 16.7. The smallest absolute Gasteiger partial charge is 0.193 e. The standard InChI is InChI=1S/C22H27FN4O2/c1-24-22(27-11-9-26(10-12-27)20-5-3-2-4-6-20)25-8-7-17-13-19(23)14-18-15-28-16-29-21(17)18/h2-6,13-14H,7-12,15-16H2,1H3,(H,24,25). The van der Waals surface area contributed by atoms with Crippen LogP contribution < -0.4 is 15.0 Å². The molecule has 6 nitrogen and oxygen atoms in total. The Labute approximate surface area is 170 Å². The van der Waals surface area contributed by atoms with Crippen molar-refractivity contribution in [3.63, 3.8) is 0 Å². The molecule has 2 aromatic rings. The summed E-state index contributed by atoms with van der Waals surface area (Å²) in [6.07, 6.45) is 0.656. The number of guanidine groups is 1. The maximum atomic E-state index is 13.9. The van der Waals surface area contributed by atoms with E-state index in [2.05, 4.69) is 44.4 Å². The fourth-order valence-electron chi connectivity index (χ4n) is 3.90. The number of para-hydroxylation sites is 1. The topological polar surface area (TPSA) is 49.3 Å². The second kappa shape index (κ2) is 9.13. The van der Waals surface area contributed by atoms with E-state index in [1.165, 1.54) is 11.8 Å². The van der Waals surface area contributed by atoms with Crippen molar-refractivity contribution >= 4 is 11.6 Å². The number of ether oxygens (including phenoxy) is 2. The normalized spacial score (nSPS) is 17.0. The van der Waals surface area contributed by atoms with Crippen molar-refractivity contribution in [1.29, 1.82) is 0 Å². The van der Waals surface area contributed by atoms with Gasteiger partial charge in [-0.3, -0.25) is 4.99 Å². The molecule has 7 heteroatoms. The lowest BCUT2D eigenvalue weighted by atomic mass is 10.1. The van der Waals surface area contributed by atoms with Crippen molar-refractivity contribution in [2.75, 3.05) is 51.5 Å². The molecule has 0 aliphatic carbocycles. The quantitative estimate of drug-likeness (QED) is 0.634. The van der Waals surface area contributed by atoms with Gasteiger partial charge in [0.05, 0.1) is 6.61 Å². The van der Waals surface area contributed by atoms with Crippen LogP contribution in [0.15, 0.2) is 47.5 Å². The third-order valence-electron chi connectivity index (χ3n) is 5.34. The monoisotopic (exact) mass is 398 g/mol. The van der Waals surface area contributed by atoms with Crippen LogP contribution in [0.25, 0.3) is 0 Å². The Balaban J connectivity index is 1.31. The number of nitrogens with zero attached hydrogens (tertiary/aromatic N) is 3. The van der Waals surface area contributed by atoms with Crippen LogP contribution in [0.2, 0.25) is 0 Å². The summed E-state index contributed by atoms with van der Waals surface area (Å²) in [7, 11) is 1.80. The lowest BCUT2D eigenvalue weighted by Gasteiger charge is -2.37. The van der Waals surface area contributed by atoms with Gasteiger partial charge in [-0.1, -0.05) is 18.2 Å². The first-order chi connectivity index (χ1) is 14.2. The SMILES string of the molecule is CN=C(NCCc1cc(F)cc2c1OCOC2)N1CCN(c2ccccc2)CC1. The largest absolute Gasteiger partial charge is 0.467 e. The highest BCUT2D eigenvalue weighted by molar-refractivity contribution is 5.80. The number of halogens is 1. The summed E-state index contributed by atoms with van der Waals surface area (Å²) in [4.78, 5) is 9.09. The summed E-state index contributed by atoms with van der Waals surface area (Å²) < 4.78 is 24.8. The predicted molar refractivity (Wildman–Crippen MR) is 112 cm³/mol. The Morgan fingerprint density at radius 2 is 1.93 bits per heavy atom. The van der Waals surface area contributed by atoms with Gasteiger partial charge in [0.2, 0.25) is 0 Å². The van der Waals surface area contributed by atoms with Gasteiger partial charge < -0.3 is 24.6 Å². The van der Waals surface area contributed by atoms with Gasteiger partial charge >= 0.3 is 0 Å². The summed E-state index contributed by atoms with van der Waals surface area (Å²) in [5.41, 5.74) is 2.89. The maximum absolute atomic E-state index is 13.9. The Hall–Kier alpha value is -2.80. The molecule has 0 radical (unpaired) electrons. The van der Waals surface area contributed by atoms with Gasteiger partial charge in [-0.15, -0.1) is 0 Å². The van der Waals surface area contributed by atoms with Crippen molar-refractivity contribution in [1.82, 2.24) is 10.2 Å². The van der Waals surface area contributed by atoms with Crippen LogP contribution in [0.3, 0.4) is 0 Å². The molecule has 1 N–H and O–H groups in total. The lowest BCUT2D eigenvalue weighted by molar-refractivity contribution is -0.0172. The van der Waals surface area contributed by atoms with E-state index in [0.29, 0.717) is 19.6 Å². The minimum atomic E-state index is -0.255. The molecule has 0 aromatic heterocycles. The summed E-state index contributed by atoms with van der Waals surface area (Å²) in [6, 6.07) is 13.5. The Bertz CT molecular complexity index is 851. The van der Waals surface area contributed by atoms with Crippen molar-refractivity contribution in [2.45, 2.75) is 13.0 Å². The molecule has 0 spiro atoms. The van der Waals surface area contributed by atoms with Crippen LogP contribution >= 0.6 is 0 Å². The van der Waals surface area contributed by atoms with E-state index in [1.54, 1.807) is 13.1 Å². The molecule has 0 unspecified atom stereocenters. The van der Waals surface area contributed by atoms with Crippen molar-refractivity contribution in [3.05, 3.63) is 59.4 Å². The summed E-state index contributed by atoms with van der Waals surface area (Å²) in [6.45, 7) is 4.99. The van der Waals surface area contributed by atoms with Crippen LogP contribution in [-0.2, 0) is 17.8 Å². The van der Waals surface area contributed by atoms with Crippen LogP contribution in [0, 0.1) is 5.82 Å². The van der Waals surface area contributed by atoms with E-state index < -0.39 is 0 Å². The molecule has 1 saturated heterocycles. The van der Waals surface area contributed by atoms with E-state index in [1.807, 2.05) is 6.07 Å². The van der Waals surface area contributed by atoms with E-state index in [-0.39, 0.29) is 12.6 Å². The van der Waals surface area contributed by atoms with Crippen LogP contribution in [-0.4, -0.2) is 57.4 Å². The van der Waals surface area contributed by atoms with E-state index in [0.717, 1.165) is 49.0 Å². The van der Waals surface area contributed by atoms with Crippen molar-refractivity contribution in [2.24, 2.45) is 4.99 Å². The molecule has 29 heavy (non-hydrogen) atoms. The number of fused-ring (bicyclic) bond motifs is 1. The molecule has 0 saturated carbocycles. The zero-order valence-electron chi connectivity index (χ0n) is 16.7. The number of benzene rings is 2. The van der Waals surface area contributed by atoms with Gasteiger partial charge in [-0.05, 0) is 36.2 Å². The Kier molecular flexibility index (Phi) is 6.14. The first-order valence-electron chi connectivity index (χ1n) is 10.0. The molecule has 154 valence electrons. The molecular weight excluding hydrogens is 371 g/mol. The lowest BCUT2D eigenvalue weighted by Crippen LogP contribution is -2.52. The van der Waals surface area contributed by atoms with Gasteiger partial charge in [0.15, 0.2) is 12.8 Å². The Morgan fingerprint density at radius 3 is 2.69 bits per heavy atom. The summed E-state index contributed by atoms with van der Waals surface area (Å²) >= 11 is 0. The number of aliphatic imine (C=N–C) groups is 1. The van der Waals surface area contributed by atoms with E-state index in [4.69, 9.17) is 9.47 Å². The third kappa shape index (κ3) is 4.62. The second-order valence-corrected chi connectivity index (χ2v) is 7.20. The van der Waals surface area contributed by atoms with E-state index in [9.17, 15) is 4.39 Å². The van der Waals surface area contributed by atoms with Crippen molar-refractivity contribution < 1.29 is 13.9 Å². The molecule has 0 atom stereocenters. The highest BCUT2D eigenvalue weighted by Gasteiger charge is 2.20. The van der Waals surface area contributed by atoms with Gasteiger partial charge in [-0.2, -0.15) is 0 Å². The van der Waals surface area contributed by atoms with Crippen molar-refractivity contribution in [3.8, 4) is 5.75 Å². The fraction of sp³-hybridized carbons (Fsp3) is 0.409. The first-order valence-corrected chi connectivity index (χ1v) is 10.0. The van der Waals surface area contributed by atoms with Crippen LogP contribution in [0.5, 0.6) is 5.75 Å². The zero-order chi connectivity index (χ0) is 20.1. The number of nitrogens with one attached hydrogen (secondary N) is 1. The van der Waals surface area contributed by atoms with Crippen LogP contribution in [0.4, 0.5) is 10.1 Å². The van der Waals surface area contributed by atoms with Gasteiger partial charge in [-0.25, -0.2) is 4.39 Å². The maximum Gasteiger partial charge on any atom is 0.193 e. The fourth-order valence-corrected chi connectivity index (χ4v) is 3.90. The molecular formula is C22H27FN4O2. The summed E-state index contributed by atoms with van der Waals surface area (Å²) in [5.74, 6) is 1.38. The molecule has 0 amide bonds. The molecule has 2 aliphatic heterocycles. The number of rotatable bonds is 4. The first kappa shape index (κ1) is 19.5. The van der Waals surface area contributed by atoms with Gasteiger partial charge in [0, 0.05) is 51.0 Å². The number of piperazine rings is 1. The third-order valence-corrected chi connectivity index (χ3v) is 5.34. The van der Waals surface area contributed by atoms with Gasteiger partial charge in [0.25, 0.3) is 0 Å². The number of hydrogen-bond donors (Lipinski definition) is 1. The average Bonchev–Trinajstić information content (AvgIpc) is 2.77. The molecule has 0 bridgehead atoms. The molecule has 2 heterocycles. The van der Waals surface area contributed by atoms with Gasteiger partial charge in [0.1, 0.15) is 11.6 Å². The average molecular weight is 398 g/mol. The molecule has 2 aliphatic rings. The van der Waals surface area contributed by atoms with Crippen LogP contribution in [0.1, 0.15) is 11.1 Å². The molecule has 4 rings (SSSR count). The number of anilines is 1. The molecule has 1 fully saturated rings. The Morgan fingerprint density at radius 1 is 1.14 bits per heavy atom. The van der Waals surface area contributed by atoms with E-state index >= 15 is 0 Å².